The van der Waals surface area contributed by atoms with Crippen molar-refractivity contribution in [2.45, 2.75) is 84.0 Å². The number of rotatable bonds is 10. The number of ether oxygens (including phenoxy) is 3. The Kier molecular flexibility index (Phi) is 9.07. The molecule has 0 aromatic heterocycles. The van der Waals surface area contributed by atoms with Crippen LogP contribution in [0, 0.1) is 0 Å². The molecule has 2 rings (SSSR count). The second-order valence-electron chi connectivity index (χ2n) is 9.05. The molecule has 0 amide bonds. The van der Waals surface area contributed by atoms with E-state index in [1.54, 1.807) is 0 Å². The van der Waals surface area contributed by atoms with Crippen molar-refractivity contribution in [1.82, 2.24) is 5.32 Å². The standard InChI is InChI=1S/C23H39NO4Si/c1-8-25-18(2)27-22-15-14-20(24-16-19-12-10-9-11-13-19)21(28-22)17-26-29(6,7)23(3,4)5/h9-15,18,20-22,24H,8,16-17H2,1-7H3/t18?,20-,21+,22?/m0/s1. The highest BCUT2D eigenvalue weighted by Gasteiger charge is 2.39. The van der Waals surface area contributed by atoms with E-state index in [-0.39, 0.29) is 23.5 Å². The van der Waals surface area contributed by atoms with Gasteiger partial charge in [-0.3, -0.25) is 0 Å². The Morgan fingerprint density at radius 2 is 1.83 bits per heavy atom. The van der Waals surface area contributed by atoms with E-state index in [2.05, 4.69) is 69.5 Å². The van der Waals surface area contributed by atoms with E-state index < -0.39 is 14.6 Å². The maximum atomic E-state index is 6.47. The second kappa shape index (κ2) is 10.8. The molecule has 0 fully saturated rings. The molecule has 2 unspecified atom stereocenters. The zero-order valence-corrected chi connectivity index (χ0v) is 20.1. The van der Waals surface area contributed by atoms with E-state index in [0.717, 1.165) is 6.54 Å². The third-order valence-electron chi connectivity index (χ3n) is 5.71. The van der Waals surface area contributed by atoms with Gasteiger partial charge >= 0.3 is 0 Å². The van der Waals surface area contributed by atoms with Crippen molar-refractivity contribution >= 4 is 8.32 Å². The predicted octanol–water partition coefficient (Wildman–Crippen LogP) is 4.85. The van der Waals surface area contributed by atoms with Crippen LogP contribution in [0.3, 0.4) is 0 Å². The Morgan fingerprint density at radius 1 is 1.14 bits per heavy atom. The molecule has 1 aliphatic rings. The molecule has 0 spiro atoms. The molecular weight excluding hydrogens is 382 g/mol. The van der Waals surface area contributed by atoms with Gasteiger partial charge in [0, 0.05) is 13.2 Å². The van der Waals surface area contributed by atoms with Gasteiger partial charge in [-0.25, -0.2) is 0 Å². The molecular formula is C23H39NO4Si. The molecule has 5 nitrogen and oxygen atoms in total. The summed E-state index contributed by atoms with van der Waals surface area (Å²) in [7, 11) is -1.87. The molecule has 1 heterocycles. The minimum Gasteiger partial charge on any atom is -0.414 e. The molecule has 1 N–H and O–H groups in total. The van der Waals surface area contributed by atoms with Gasteiger partial charge in [-0.05, 0) is 43.6 Å². The molecule has 1 aromatic carbocycles. The molecule has 0 saturated carbocycles. The Bertz CT molecular complexity index is 630. The molecule has 1 aliphatic heterocycles. The van der Waals surface area contributed by atoms with Gasteiger partial charge in [-0.2, -0.15) is 0 Å². The van der Waals surface area contributed by atoms with E-state index in [1.165, 1.54) is 5.56 Å². The van der Waals surface area contributed by atoms with Crippen LogP contribution in [0.4, 0.5) is 0 Å². The van der Waals surface area contributed by atoms with Crippen LogP contribution in [-0.4, -0.2) is 46.3 Å². The summed E-state index contributed by atoms with van der Waals surface area (Å²) in [6.45, 7) is 17.1. The molecule has 6 heteroatoms. The van der Waals surface area contributed by atoms with Crippen LogP contribution < -0.4 is 5.32 Å². The third-order valence-corrected chi connectivity index (χ3v) is 10.2. The topological polar surface area (TPSA) is 49.0 Å². The van der Waals surface area contributed by atoms with Gasteiger partial charge in [0.15, 0.2) is 20.9 Å². The van der Waals surface area contributed by atoms with Crippen molar-refractivity contribution in [2.75, 3.05) is 13.2 Å². The van der Waals surface area contributed by atoms with Crippen LogP contribution in [0.2, 0.25) is 18.1 Å². The van der Waals surface area contributed by atoms with Gasteiger partial charge in [0.05, 0.1) is 12.6 Å². The number of hydrogen-bond donors (Lipinski definition) is 1. The smallest absolute Gasteiger partial charge is 0.192 e. The molecule has 164 valence electrons. The summed E-state index contributed by atoms with van der Waals surface area (Å²) in [5.74, 6) is 0. The van der Waals surface area contributed by atoms with E-state index in [0.29, 0.717) is 13.2 Å². The highest BCUT2D eigenvalue weighted by Crippen LogP contribution is 2.37. The first-order valence-electron chi connectivity index (χ1n) is 10.6. The van der Waals surface area contributed by atoms with Gasteiger partial charge < -0.3 is 24.0 Å². The summed E-state index contributed by atoms with van der Waals surface area (Å²) in [6.07, 6.45) is 3.22. The molecule has 0 saturated heterocycles. The first-order chi connectivity index (χ1) is 13.6. The molecule has 0 radical (unpaired) electrons. The van der Waals surface area contributed by atoms with Crippen LogP contribution in [-0.2, 0) is 25.2 Å². The van der Waals surface area contributed by atoms with Crippen molar-refractivity contribution in [2.24, 2.45) is 0 Å². The fourth-order valence-corrected chi connectivity index (χ4v) is 3.87. The third kappa shape index (κ3) is 7.63. The van der Waals surface area contributed by atoms with Crippen LogP contribution in [0.15, 0.2) is 42.5 Å². The number of hydrogen-bond acceptors (Lipinski definition) is 5. The van der Waals surface area contributed by atoms with E-state index >= 15 is 0 Å². The molecule has 0 bridgehead atoms. The lowest BCUT2D eigenvalue weighted by Crippen LogP contribution is -2.50. The summed E-state index contributed by atoms with van der Waals surface area (Å²) >= 11 is 0. The Labute approximate surface area is 177 Å². The Balaban J connectivity index is 2.04. The van der Waals surface area contributed by atoms with Gasteiger partial charge in [0.1, 0.15) is 6.10 Å². The second-order valence-corrected chi connectivity index (χ2v) is 13.9. The quantitative estimate of drug-likeness (QED) is 0.333. The summed E-state index contributed by atoms with van der Waals surface area (Å²) < 4.78 is 24.1. The lowest BCUT2D eigenvalue weighted by Gasteiger charge is -2.39. The van der Waals surface area contributed by atoms with Crippen LogP contribution in [0.1, 0.15) is 40.2 Å². The van der Waals surface area contributed by atoms with Crippen molar-refractivity contribution in [1.29, 1.82) is 0 Å². The monoisotopic (exact) mass is 421 g/mol. The summed E-state index contributed by atoms with van der Waals surface area (Å²) in [5, 5.41) is 3.76. The van der Waals surface area contributed by atoms with Crippen LogP contribution in [0.25, 0.3) is 0 Å². The van der Waals surface area contributed by atoms with Gasteiger partial charge in [0.25, 0.3) is 0 Å². The predicted molar refractivity (Wildman–Crippen MR) is 120 cm³/mol. The Hall–Kier alpha value is -1.02. The first kappa shape index (κ1) is 24.2. The number of benzene rings is 1. The first-order valence-corrected chi connectivity index (χ1v) is 13.6. The Morgan fingerprint density at radius 3 is 2.45 bits per heavy atom. The van der Waals surface area contributed by atoms with Gasteiger partial charge in [-0.1, -0.05) is 57.2 Å². The van der Waals surface area contributed by atoms with Crippen molar-refractivity contribution < 1.29 is 18.6 Å². The number of nitrogens with one attached hydrogen (secondary N) is 1. The normalized spacial score (nSPS) is 23.9. The highest BCUT2D eigenvalue weighted by molar-refractivity contribution is 6.74. The average molecular weight is 422 g/mol. The van der Waals surface area contributed by atoms with Crippen molar-refractivity contribution in [3.63, 3.8) is 0 Å². The van der Waals surface area contributed by atoms with Crippen LogP contribution in [0.5, 0.6) is 0 Å². The molecule has 29 heavy (non-hydrogen) atoms. The fourth-order valence-electron chi connectivity index (χ4n) is 2.86. The fraction of sp³-hybridized carbons (Fsp3) is 0.652. The zero-order valence-electron chi connectivity index (χ0n) is 19.1. The van der Waals surface area contributed by atoms with E-state index in [1.807, 2.05) is 26.0 Å². The SMILES string of the molecule is CCOC(C)OC1C=C[C@H](NCc2ccccc2)[C@@H](CO[Si](C)(C)C(C)(C)C)O1. The van der Waals surface area contributed by atoms with Gasteiger partial charge in [0.2, 0.25) is 0 Å². The zero-order chi connectivity index (χ0) is 21.5. The largest absolute Gasteiger partial charge is 0.414 e. The minimum absolute atomic E-state index is 0.0576. The van der Waals surface area contributed by atoms with Crippen molar-refractivity contribution in [3.8, 4) is 0 Å². The lowest BCUT2D eigenvalue weighted by atomic mass is 10.1. The van der Waals surface area contributed by atoms with Crippen LogP contribution >= 0.6 is 0 Å². The maximum Gasteiger partial charge on any atom is 0.192 e. The molecule has 4 atom stereocenters. The van der Waals surface area contributed by atoms with Gasteiger partial charge in [-0.15, -0.1) is 0 Å². The average Bonchev–Trinajstić information content (AvgIpc) is 2.65. The highest BCUT2D eigenvalue weighted by atomic mass is 28.4. The minimum atomic E-state index is -1.87. The van der Waals surface area contributed by atoms with E-state index in [4.69, 9.17) is 18.6 Å². The molecule has 1 aromatic rings. The molecule has 0 aliphatic carbocycles. The maximum absolute atomic E-state index is 6.47. The van der Waals surface area contributed by atoms with E-state index in [9.17, 15) is 0 Å². The summed E-state index contributed by atoms with van der Waals surface area (Å²) in [6, 6.07) is 10.4. The lowest BCUT2D eigenvalue weighted by molar-refractivity contribution is -0.240. The summed E-state index contributed by atoms with van der Waals surface area (Å²) in [5.41, 5.74) is 1.24. The summed E-state index contributed by atoms with van der Waals surface area (Å²) in [4.78, 5) is 0. The van der Waals surface area contributed by atoms with Crippen molar-refractivity contribution in [3.05, 3.63) is 48.0 Å².